The van der Waals surface area contributed by atoms with E-state index in [4.69, 9.17) is 0 Å². The minimum atomic E-state index is -0.0738. The van der Waals surface area contributed by atoms with E-state index >= 15 is 0 Å². The van der Waals surface area contributed by atoms with Crippen molar-refractivity contribution in [3.63, 3.8) is 0 Å². The molecule has 1 aromatic heterocycles. The van der Waals surface area contributed by atoms with Crippen LogP contribution in [0.25, 0.3) is 0 Å². The maximum absolute atomic E-state index is 12.6. The quantitative estimate of drug-likeness (QED) is 0.898. The molecule has 5 heteroatoms. The van der Waals surface area contributed by atoms with Crippen molar-refractivity contribution in [2.24, 2.45) is 0 Å². The number of ketones is 1. The van der Waals surface area contributed by atoms with Gasteiger partial charge in [0.1, 0.15) is 5.69 Å². The van der Waals surface area contributed by atoms with Crippen LogP contribution in [0.2, 0.25) is 0 Å². The first kappa shape index (κ1) is 15.3. The molecule has 3 rings (SSSR count). The molecular weight excluding hydrogens is 278 g/mol. The Hall–Kier alpha value is -1.62. The van der Waals surface area contributed by atoms with E-state index in [0.717, 1.165) is 49.2 Å². The monoisotopic (exact) mass is 303 g/mol. The SMILES string of the molecule is Cc1c(C(=O)N[C@H]2CCN(C(C)C)C2)[nH]c2c1C(=O)CCC2. The van der Waals surface area contributed by atoms with E-state index in [0.29, 0.717) is 18.2 Å². The summed E-state index contributed by atoms with van der Waals surface area (Å²) in [7, 11) is 0. The second kappa shape index (κ2) is 5.88. The number of carbonyl (C=O) groups excluding carboxylic acids is 2. The molecule has 1 aliphatic carbocycles. The number of likely N-dealkylation sites (tertiary alicyclic amines) is 1. The molecule has 5 nitrogen and oxygen atoms in total. The smallest absolute Gasteiger partial charge is 0.268 e. The Balaban J connectivity index is 1.72. The second-order valence-corrected chi connectivity index (χ2v) is 6.80. The standard InChI is InChI=1S/C17H25N3O2/c1-10(2)20-8-7-12(9-20)18-17(22)16-11(3)15-13(19-16)5-4-6-14(15)21/h10,12,19H,4-9H2,1-3H3,(H,18,22)/t12-/m0/s1. The summed E-state index contributed by atoms with van der Waals surface area (Å²) < 4.78 is 0. The van der Waals surface area contributed by atoms with Crippen LogP contribution in [0.3, 0.4) is 0 Å². The van der Waals surface area contributed by atoms with Crippen molar-refractivity contribution < 1.29 is 9.59 Å². The van der Waals surface area contributed by atoms with Gasteiger partial charge in [-0.25, -0.2) is 0 Å². The Bertz CT molecular complexity index is 603. The average molecular weight is 303 g/mol. The maximum Gasteiger partial charge on any atom is 0.268 e. The molecule has 2 aliphatic rings. The molecule has 1 aromatic rings. The van der Waals surface area contributed by atoms with Crippen molar-refractivity contribution in [1.29, 1.82) is 0 Å². The lowest BCUT2D eigenvalue weighted by Crippen LogP contribution is -2.38. The van der Waals surface area contributed by atoms with Crippen molar-refractivity contribution in [3.05, 3.63) is 22.5 Å². The molecule has 1 atom stereocenters. The number of carbonyl (C=O) groups is 2. The molecule has 0 aromatic carbocycles. The van der Waals surface area contributed by atoms with Crippen LogP contribution in [0.4, 0.5) is 0 Å². The number of rotatable bonds is 3. The fraction of sp³-hybridized carbons (Fsp3) is 0.647. The highest BCUT2D eigenvalue weighted by Gasteiger charge is 2.29. The van der Waals surface area contributed by atoms with Gasteiger partial charge in [-0.15, -0.1) is 0 Å². The van der Waals surface area contributed by atoms with Crippen LogP contribution in [0.15, 0.2) is 0 Å². The number of aromatic nitrogens is 1. The summed E-state index contributed by atoms with van der Waals surface area (Å²) in [4.78, 5) is 30.2. The minimum Gasteiger partial charge on any atom is -0.354 e. The molecule has 1 aliphatic heterocycles. The van der Waals surface area contributed by atoms with Gasteiger partial charge >= 0.3 is 0 Å². The van der Waals surface area contributed by atoms with Crippen LogP contribution >= 0.6 is 0 Å². The van der Waals surface area contributed by atoms with Gasteiger partial charge in [0.05, 0.1) is 0 Å². The molecule has 0 radical (unpaired) electrons. The molecule has 0 spiro atoms. The van der Waals surface area contributed by atoms with Crippen LogP contribution in [-0.4, -0.2) is 46.7 Å². The fourth-order valence-electron chi connectivity index (χ4n) is 3.63. The number of aromatic amines is 1. The number of nitrogens with zero attached hydrogens (tertiary/aromatic N) is 1. The zero-order valence-electron chi connectivity index (χ0n) is 13.7. The first-order valence-corrected chi connectivity index (χ1v) is 8.27. The third kappa shape index (κ3) is 2.70. The van der Waals surface area contributed by atoms with Crippen molar-refractivity contribution in [2.75, 3.05) is 13.1 Å². The van der Waals surface area contributed by atoms with Crippen molar-refractivity contribution >= 4 is 11.7 Å². The average Bonchev–Trinajstić information content (AvgIpc) is 3.05. The Morgan fingerprint density at radius 1 is 1.36 bits per heavy atom. The van der Waals surface area contributed by atoms with Crippen molar-refractivity contribution in [3.8, 4) is 0 Å². The summed E-state index contributed by atoms with van der Waals surface area (Å²) in [5.41, 5.74) is 3.08. The first-order chi connectivity index (χ1) is 10.5. The van der Waals surface area contributed by atoms with Gasteiger partial charge in [0.2, 0.25) is 0 Å². The number of nitrogens with one attached hydrogen (secondary N) is 2. The highest BCUT2D eigenvalue weighted by atomic mass is 16.2. The number of hydrogen-bond acceptors (Lipinski definition) is 3. The zero-order valence-corrected chi connectivity index (χ0v) is 13.7. The van der Waals surface area contributed by atoms with Crippen LogP contribution in [0.5, 0.6) is 0 Å². The molecule has 120 valence electrons. The van der Waals surface area contributed by atoms with Gasteiger partial charge in [0.15, 0.2) is 5.78 Å². The highest BCUT2D eigenvalue weighted by molar-refractivity contribution is 6.04. The van der Waals surface area contributed by atoms with E-state index in [2.05, 4.69) is 29.0 Å². The molecule has 2 heterocycles. The second-order valence-electron chi connectivity index (χ2n) is 6.80. The summed E-state index contributed by atoms with van der Waals surface area (Å²) >= 11 is 0. The third-order valence-electron chi connectivity index (χ3n) is 4.95. The lowest BCUT2D eigenvalue weighted by Gasteiger charge is -2.20. The topological polar surface area (TPSA) is 65.2 Å². The van der Waals surface area contributed by atoms with Gasteiger partial charge in [0.25, 0.3) is 5.91 Å². The molecule has 1 fully saturated rings. The van der Waals surface area contributed by atoms with Crippen LogP contribution in [0, 0.1) is 6.92 Å². The lowest BCUT2D eigenvalue weighted by molar-refractivity contribution is 0.0931. The zero-order chi connectivity index (χ0) is 15.9. The van der Waals surface area contributed by atoms with Gasteiger partial charge in [-0.1, -0.05) is 0 Å². The summed E-state index contributed by atoms with van der Waals surface area (Å²) in [6.45, 7) is 8.17. The molecule has 1 saturated heterocycles. The van der Waals surface area contributed by atoms with Crippen molar-refractivity contribution in [1.82, 2.24) is 15.2 Å². The Labute approximate surface area is 131 Å². The van der Waals surface area contributed by atoms with E-state index in [1.165, 1.54) is 0 Å². The highest BCUT2D eigenvalue weighted by Crippen LogP contribution is 2.26. The number of fused-ring (bicyclic) bond motifs is 1. The van der Waals surface area contributed by atoms with Crippen LogP contribution in [0.1, 0.15) is 65.2 Å². The predicted molar refractivity (Wildman–Crippen MR) is 85.4 cm³/mol. The van der Waals surface area contributed by atoms with Gasteiger partial charge in [-0.3, -0.25) is 14.5 Å². The third-order valence-corrected chi connectivity index (χ3v) is 4.95. The van der Waals surface area contributed by atoms with E-state index in [-0.39, 0.29) is 17.7 Å². The maximum atomic E-state index is 12.6. The van der Waals surface area contributed by atoms with Gasteiger partial charge in [-0.2, -0.15) is 0 Å². The molecule has 0 unspecified atom stereocenters. The number of aryl methyl sites for hydroxylation is 1. The van der Waals surface area contributed by atoms with Gasteiger partial charge in [-0.05, 0) is 45.6 Å². The number of H-pyrrole nitrogens is 1. The van der Waals surface area contributed by atoms with E-state index in [9.17, 15) is 9.59 Å². The molecule has 22 heavy (non-hydrogen) atoms. The molecule has 1 amide bonds. The Morgan fingerprint density at radius 2 is 2.14 bits per heavy atom. The molecule has 2 N–H and O–H groups in total. The molecule has 0 saturated carbocycles. The first-order valence-electron chi connectivity index (χ1n) is 8.27. The fourth-order valence-corrected chi connectivity index (χ4v) is 3.63. The number of amides is 1. The van der Waals surface area contributed by atoms with Crippen LogP contribution < -0.4 is 5.32 Å². The van der Waals surface area contributed by atoms with Crippen molar-refractivity contribution in [2.45, 2.75) is 58.5 Å². The van der Waals surface area contributed by atoms with E-state index in [1.807, 2.05) is 6.92 Å². The van der Waals surface area contributed by atoms with Crippen LogP contribution in [-0.2, 0) is 6.42 Å². The Kier molecular flexibility index (Phi) is 4.08. The predicted octanol–water partition coefficient (Wildman–Crippen LogP) is 2.05. The molecular formula is C17H25N3O2. The number of hydrogen-bond donors (Lipinski definition) is 2. The number of Topliss-reactive ketones (excluding diaryl/α,β-unsaturated/α-hetero) is 1. The molecule has 0 bridgehead atoms. The van der Waals surface area contributed by atoms with E-state index < -0.39 is 0 Å². The Morgan fingerprint density at radius 3 is 2.77 bits per heavy atom. The summed E-state index contributed by atoms with van der Waals surface area (Å²) in [6.07, 6.45) is 3.32. The van der Waals surface area contributed by atoms with Gasteiger partial charge < -0.3 is 10.3 Å². The summed E-state index contributed by atoms with van der Waals surface area (Å²) in [5.74, 6) is 0.0937. The summed E-state index contributed by atoms with van der Waals surface area (Å²) in [6, 6.07) is 0.712. The summed E-state index contributed by atoms with van der Waals surface area (Å²) in [5, 5.41) is 3.12. The van der Waals surface area contributed by atoms with E-state index in [1.54, 1.807) is 0 Å². The normalized spacial score (nSPS) is 22.2. The van der Waals surface area contributed by atoms with Gasteiger partial charge in [0, 0.05) is 42.9 Å². The lowest BCUT2D eigenvalue weighted by atomic mass is 9.94. The minimum absolute atomic E-state index is 0.0738. The largest absolute Gasteiger partial charge is 0.354 e.